The van der Waals surface area contributed by atoms with Gasteiger partial charge in [-0.15, -0.1) is 0 Å². The molecule has 1 heterocycles. The maximum atomic E-state index is 12.5. The number of pyridine rings is 1. The Morgan fingerprint density at radius 3 is 2.35 bits per heavy atom. The van der Waals surface area contributed by atoms with Crippen molar-refractivity contribution in [3.8, 4) is 11.3 Å². The molecule has 88 valence electrons. The van der Waals surface area contributed by atoms with Gasteiger partial charge in [-0.25, -0.2) is 4.98 Å². The zero-order valence-corrected chi connectivity index (χ0v) is 10.7. The Labute approximate surface area is 110 Å². The summed E-state index contributed by atoms with van der Waals surface area (Å²) >= 11 is 2.02. The lowest BCUT2D eigenvalue weighted by molar-refractivity contribution is -0.137. The lowest BCUT2D eigenvalue weighted by atomic mass is 10.1. The van der Waals surface area contributed by atoms with Crippen LogP contribution in [0.3, 0.4) is 0 Å². The van der Waals surface area contributed by atoms with Crippen LogP contribution in [0.25, 0.3) is 11.3 Å². The molecular weight excluding hydrogens is 342 g/mol. The molecule has 0 aliphatic heterocycles. The third kappa shape index (κ3) is 2.96. The normalized spacial score (nSPS) is 11.5. The smallest absolute Gasteiger partial charge is 0.242 e. The standard InChI is InChI=1S/C12H7F3IN/c13-12(14,15)9-4-1-3-8(7-9)10-5-2-6-11(16)17-10/h1-7H. The first-order chi connectivity index (χ1) is 7.97. The van der Waals surface area contributed by atoms with E-state index in [9.17, 15) is 13.2 Å². The second-order valence-electron chi connectivity index (χ2n) is 3.42. The van der Waals surface area contributed by atoms with Crippen LogP contribution < -0.4 is 0 Å². The second-order valence-corrected chi connectivity index (χ2v) is 4.53. The summed E-state index contributed by atoms with van der Waals surface area (Å²) in [5.41, 5.74) is 0.358. The molecule has 0 fully saturated rings. The van der Waals surface area contributed by atoms with Gasteiger partial charge in [-0.3, -0.25) is 0 Å². The summed E-state index contributed by atoms with van der Waals surface area (Å²) in [5.74, 6) is 0. The van der Waals surface area contributed by atoms with Gasteiger partial charge in [0, 0.05) is 5.56 Å². The molecule has 17 heavy (non-hydrogen) atoms. The van der Waals surface area contributed by atoms with Crippen molar-refractivity contribution < 1.29 is 13.2 Å². The van der Waals surface area contributed by atoms with Gasteiger partial charge in [0.1, 0.15) is 3.70 Å². The van der Waals surface area contributed by atoms with E-state index in [1.54, 1.807) is 24.3 Å². The van der Waals surface area contributed by atoms with Gasteiger partial charge in [0.25, 0.3) is 0 Å². The van der Waals surface area contributed by atoms with Gasteiger partial charge in [0.2, 0.25) is 0 Å². The number of aromatic nitrogens is 1. The fourth-order valence-electron chi connectivity index (χ4n) is 1.42. The van der Waals surface area contributed by atoms with E-state index in [0.29, 0.717) is 11.3 Å². The third-order valence-electron chi connectivity index (χ3n) is 2.20. The summed E-state index contributed by atoms with van der Waals surface area (Å²) in [6.45, 7) is 0. The van der Waals surface area contributed by atoms with E-state index < -0.39 is 11.7 Å². The molecule has 0 spiro atoms. The van der Waals surface area contributed by atoms with Crippen LogP contribution in [-0.4, -0.2) is 4.98 Å². The van der Waals surface area contributed by atoms with Gasteiger partial charge in [-0.2, -0.15) is 13.2 Å². The molecule has 0 saturated carbocycles. The molecule has 0 saturated heterocycles. The summed E-state index contributed by atoms with van der Waals surface area (Å²) in [7, 11) is 0. The highest BCUT2D eigenvalue weighted by molar-refractivity contribution is 14.1. The Balaban J connectivity index is 2.47. The van der Waals surface area contributed by atoms with Crippen LogP contribution in [0.5, 0.6) is 0 Å². The van der Waals surface area contributed by atoms with E-state index in [0.717, 1.165) is 15.8 Å². The molecule has 0 bridgehead atoms. The number of hydrogen-bond donors (Lipinski definition) is 0. The highest BCUT2D eigenvalue weighted by Gasteiger charge is 2.30. The van der Waals surface area contributed by atoms with E-state index in [-0.39, 0.29) is 0 Å². The Morgan fingerprint density at radius 2 is 1.71 bits per heavy atom. The molecule has 1 aromatic heterocycles. The topological polar surface area (TPSA) is 12.9 Å². The van der Waals surface area contributed by atoms with Crippen LogP contribution in [0.1, 0.15) is 5.56 Å². The molecule has 0 radical (unpaired) electrons. The number of alkyl halides is 3. The minimum absolute atomic E-state index is 0.471. The maximum Gasteiger partial charge on any atom is 0.416 e. The van der Waals surface area contributed by atoms with Crippen molar-refractivity contribution in [3.05, 3.63) is 51.7 Å². The van der Waals surface area contributed by atoms with E-state index in [1.165, 1.54) is 6.07 Å². The molecule has 1 nitrogen and oxygen atoms in total. The van der Waals surface area contributed by atoms with Crippen LogP contribution in [0.15, 0.2) is 42.5 Å². The summed E-state index contributed by atoms with van der Waals surface area (Å²) in [6.07, 6.45) is -4.32. The SMILES string of the molecule is FC(F)(F)c1cccc(-c2cccc(I)n2)c1. The van der Waals surface area contributed by atoms with Gasteiger partial charge < -0.3 is 0 Å². The molecule has 5 heteroatoms. The summed E-state index contributed by atoms with van der Waals surface area (Å²) in [6, 6.07) is 10.4. The van der Waals surface area contributed by atoms with Gasteiger partial charge in [-0.1, -0.05) is 18.2 Å². The minimum Gasteiger partial charge on any atom is -0.242 e. The van der Waals surface area contributed by atoms with Crippen LogP contribution in [-0.2, 0) is 6.18 Å². The van der Waals surface area contributed by atoms with Crippen molar-refractivity contribution in [1.82, 2.24) is 4.98 Å². The lowest BCUT2D eigenvalue weighted by Gasteiger charge is -2.08. The van der Waals surface area contributed by atoms with Crippen LogP contribution in [0.2, 0.25) is 0 Å². The molecular formula is C12H7F3IN. The number of nitrogens with zero attached hydrogens (tertiary/aromatic N) is 1. The Hall–Kier alpha value is -1.11. The van der Waals surface area contributed by atoms with Crippen molar-refractivity contribution in [2.45, 2.75) is 6.18 Å². The largest absolute Gasteiger partial charge is 0.416 e. The highest BCUT2D eigenvalue weighted by Crippen LogP contribution is 2.31. The Bertz CT molecular complexity index is 537. The number of hydrogen-bond acceptors (Lipinski definition) is 1. The van der Waals surface area contributed by atoms with Crippen molar-refractivity contribution in [2.24, 2.45) is 0 Å². The monoisotopic (exact) mass is 349 g/mol. The van der Waals surface area contributed by atoms with Crippen molar-refractivity contribution in [2.75, 3.05) is 0 Å². The first-order valence-electron chi connectivity index (χ1n) is 4.77. The predicted octanol–water partition coefficient (Wildman–Crippen LogP) is 4.37. The number of rotatable bonds is 1. The molecule has 2 rings (SSSR count). The van der Waals surface area contributed by atoms with Crippen LogP contribution >= 0.6 is 22.6 Å². The van der Waals surface area contributed by atoms with Gasteiger partial charge in [-0.05, 0) is 46.9 Å². The first kappa shape index (κ1) is 12.3. The van der Waals surface area contributed by atoms with E-state index in [1.807, 2.05) is 22.6 Å². The van der Waals surface area contributed by atoms with Gasteiger partial charge in [0.05, 0.1) is 11.3 Å². The average molecular weight is 349 g/mol. The summed E-state index contributed by atoms with van der Waals surface area (Å²) in [5, 5.41) is 0. The number of benzene rings is 1. The summed E-state index contributed by atoms with van der Waals surface area (Å²) in [4.78, 5) is 4.19. The van der Waals surface area contributed by atoms with E-state index in [4.69, 9.17) is 0 Å². The lowest BCUT2D eigenvalue weighted by Crippen LogP contribution is -2.04. The Kier molecular flexibility index (Phi) is 3.37. The van der Waals surface area contributed by atoms with Crippen LogP contribution in [0.4, 0.5) is 13.2 Å². The fourth-order valence-corrected chi connectivity index (χ4v) is 1.89. The van der Waals surface area contributed by atoms with Crippen molar-refractivity contribution >= 4 is 22.6 Å². The minimum atomic E-state index is -4.32. The first-order valence-corrected chi connectivity index (χ1v) is 5.85. The van der Waals surface area contributed by atoms with E-state index >= 15 is 0 Å². The van der Waals surface area contributed by atoms with Crippen LogP contribution in [0, 0.1) is 3.70 Å². The fraction of sp³-hybridized carbons (Fsp3) is 0.0833. The average Bonchev–Trinajstić information content (AvgIpc) is 2.28. The zero-order chi connectivity index (χ0) is 12.5. The number of halogens is 4. The van der Waals surface area contributed by atoms with Gasteiger partial charge in [0.15, 0.2) is 0 Å². The molecule has 0 aliphatic rings. The molecule has 0 N–H and O–H groups in total. The Morgan fingerprint density at radius 1 is 1.00 bits per heavy atom. The second kappa shape index (κ2) is 4.64. The van der Waals surface area contributed by atoms with E-state index in [2.05, 4.69) is 4.98 Å². The third-order valence-corrected chi connectivity index (χ3v) is 2.80. The molecule has 0 atom stereocenters. The molecule has 0 amide bonds. The molecule has 0 aliphatic carbocycles. The highest BCUT2D eigenvalue weighted by atomic mass is 127. The maximum absolute atomic E-state index is 12.5. The van der Waals surface area contributed by atoms with Gasteiger partial charge >= 0.3 is 6.18 Å². The molecule has 2 aromatic rings. The molecule has 1 aromatic carbocycles. The van der Waals surface area contributed by atoms with Crippen molar-refractivity contribution in [3.63, 3.8) is 0 Å². The quantitative estimate of drug-likeness (QED) is 0.550. The summed E-state index contributed by atoms with van der Waals surface area (Å²) < 4.78 is 38.4. The zero-order valence-electron chi connectivity index (χ0n) is 8.50. The van der Waals surface area contributed by atoms with Crippen molar-refractivity contribution in [1.29, 1.82) is 0 Å². The molecule has 0 unspecified atom stereocenters. The predicted molar refractivity (Wildman–Crippen MR) is 67.4 cm³/mol.